The summed E-state index contributed by atoms with van der Waals surface area (Å²) in [5.41, 5.74) is 14.3. The Morgan fingerprint density at radius 2 is 2.05 bits per heavy atom. The third-order valence-corrected chi connectivity index (χ3v) is 3.46. The lowest BCUT2D eigenvalue weighted by atomic mass is 9.99. The highest BCUT2D eigenvalue weighted by molar-refractivity contribution is 5.96. The third kappa shape index (κ3) is 2.84. The summed E-state index contributed by atoms with van der Waals surface area (Å²) in [5.74, 6) is -0.401. The van der Waals surface area contributed by atoms with Crippen molar-refractivity contribution in [2.75, 3.05) is 16.4 Å². The molecule has 1 unspecified atom stereocenters. The Labute approximate surface area is 117 Å². The van der Waals surface area contributed by atoms with Crippen LogP contribution in [-0.4, -0.2) is 17.9 Å². The zero-order chi connectivity index (χ0) is 14.9. The van der Waals surface area contributed by atoms with Crippen LogP contribution in [0.15, 0.2) is 12.1 Å². The van der Waals surface area contributed by atoms with Gasteiger partial charge in [0.2, 0.25) is 11.8 Å². The Morgan fingerprint density at radius 3 is 2.65 bits per heavy atom. The molecule has 2 amide bonds. The molecule has 0 radical (unpaired) electrons. The number of fused-ring (bicyclic) bond motifs is 1. The molecule has 0 spiro atoms. The first-order valence-electron chi connectivity index (χ1n) is 6.66. The van der Waals surface area contributed by atoms with Gasteiger partial charge in [0.25, 0.3) is 0 Å². The van der Waals surface area contributed by atoms with Gasteiger partial charge in [0, 0.05) is 12.1 Å². The summed E-state index contributed by atoms with van der Waals surface area (Å²) in [6.45, 7) is 3.80. The molecule has 1 aliphatic rings. The lowest BCUT2D eigenvalue weighted by Gasteiger charge is -2.24. The van der Waals surface area contributed by atoms with Crippen LogP contribution in [0.4, 0.5) is 17.1 Å². The number of carbonyl (C=O) groups excluding carboxylic acids is 2. The monoisotopic (exact) mass is 276 g/mol. The molecule has 108 valence electrons. The quantitative estimate of drug-likeness (QED) is 0.616. The Morgan fingerprint density at radius 1 is 1.35 bits per heavy atom. The number of benzene rings is 1. The van der Waals surface area contributed by atoms with Gasteiger partial charge in [-0.2, -0.15) is 0 Å². The molecule has 6 nitrogen and oxygen atoms in total. The lowest BCUT2D eigenvalue weighted by molar-refractivity contribution is -0.119. The Hall–Kier alpha value is -2.24. The number of nitrogens with two attached hydrogens (primary N) is 2. The van der Waals surface area contributed by atoms with Crippen molar-refractivity contribution < 1.29 is 9.59 Å². The molecule has 1 aromatic carbocycles. The number of primary amides is 1. The molecule has 1 atom stereocenters. The fraction of sp³-hybridized carbons (Fsp3) is 0.429. The third-order valence-electron chi connectivity index (χ3n) is 3.46. The number of anilines is 3. The van der Waals surface area contributed by atoms with Crippen LogP contribution in [0.25, 0.3) is 0 Å². The zero-order valence-corrected chi connectivity index (χ0v) is 11.7. The van der Waals surface area contributed by atoms with Gasteiger partial charge < -0.3 is 22.1 Å². The standard InChI is InChI=1S/C14H20N4O2/c1-7(2)13(14(16)20)18-11-6-10-8(5-9(11)15)3-4-12(19)17-10/h5-7,13,18H,3-4,15H2,1-2H3,(H2,16,20)(H,17,19). The van der Waals surface area contributed by atoms with Crippen LogP contribution in [0.2, 0.25) is 0 Å². The molecular weight excluding hydrogens is 256 g/mol. The van der Waals surface area contributed by atoms with Gasteiger partial charge in [-0.25, -0.2) is 0 Å². The van der Waals surface area contributed by atoms with E-state index in [-0.39, 0.29) is 11.8 Å². The Balaban J connectivity index is 2.30. The highest BCUT2D eigenvalue weighted by Crippen LogP contribution is 2.31. The van der Waals surface area contributed by atoms with Crippen LogP contribution in [0.3, 0.4) is 0 Å². The SMILES string of the molecule is CC(C)C(Nc1cc2c(cc1N)CCC(=O)N2)C(N)=O. The second kappa shape index (κ2) is 5.40. The van der Waals surface area contributed by atoms with E-state index in [4.69, 9.17) is 11.5 Å². The molecule has 6 heteroatoms. The number of hydrogen-bond acceptors (Lipinski definition) is 4. The molecule has 0 aromatic heterocycles. The minimum atomic E-state index is -0.505. The van der Waals surface area contributed by atoms with E-state index in [0.717, 1.165) is 11.3 Å². The maximum Gasteiger partial charge on any atom is 0.240 e. The molecular formula is C14H20N4O2. The highest BCUT2D eigenvalue weighted by atomic mass is 16.2. The fourth-order valence-corrected chi connectivity index (χ4v) is 2.31. The maximum absolute atomic E-state index is 11.4. The average Bonchev–Trinajstić information content (AvgIpc) is 2.35. The molecule has 0 bridgehead atoms. The number of aryl methyl sites for hydroxylation is 1. The molecule has 0 aliphatic carbocycles. The van der Waals surface area contributed by atoms with Crippen molar-refractivity contribution in [1.82, 2.24) is 0 Å². The van der Waals surface area contributed by atoms with Crippen molar-refractivity contribution >= 4 is 28.9 Å². The van der Waals surface area contributed by atoms with Gasteiger partial charge in [-0.05, 0) is 30.0 Å². The smallest absolute Gasteiger partial charge is 0.240 e. The Bertz CT molecular complexity index is 554. The van der Waals surface area contributed by atoms with E-state index in [9.17, 15) is 9.59 Å². The molecule has 20 heavy (non-hydrogen) atoms. The van der Waals surface area contributed by atoms with Crippen LogP contribution in [0.1, 0.15) is 25.8 Å². The first-order valence-corrected chi connectivity index (χ1v) is 6.66. The van der Waals surface area contributed by atoms with Crippen molar-refractivity contribution in [2.45, 2.75) is 32.7 Å². The fourth-order valence-electron chi connectivity index (χ4n) is 2.31. The van der Waals surface area contributed by atoms with Crippen LogP contribution in [0, 0.1) is 5.92 Å². The summed E-state index contributed by atoms with van der Waals surface area (Å²) in [6, 6.07) is 3.09. The number of carbonyl (C=O) groups is 2. The van der Waals surface area contributed by atoms with Gasteiger partial charge in [-0.1, -0.05) is 13.8 Å². The second-order valence-corrected chi connectivity index (χ2v) is 5.41. The predicted octanol–water partition coefficient (Wildman–Crippen LogP) is 1.08. The predicted molar refractivity (Wildman–Crippen MR) is 79.2 cm³/mol. The van der Waals surface area contributed by atoms with Gasteiger partial charge in [0.05, 0.1) is 11.4 Å². The van der Waals surface area contributed by atoms with Gasteiger partial charge in [0.1, 0.15) is 6.04 Å². The second-order valence-electron chi connectivity index (χ2n) is 5.41. The van der Waals surface area contributed by atoms with E-state index in [1.807, 2.05) is 19.9 Å². The molecule has 0 saturated heterocycles. The van der Waals surface area contributed by atoms with Crippen molar-refractivity contribution in [1.29, 1.82) is 0 Å². The highest BCUT2D eigenvalue weighted by Gasteiger charge is 2.22. The summed E-state index contributed by atoms with van der Waals surface area (Å²) in [4.78, 5) is 22.9. The van der Waals surface area contributed by atoms with Crippen LogP contribution >= 0.6 is 0 Å². The normalized spacial score (nSPS) is 15.4. The molecule has 6 N–H and O–H groups in total. The minimum Gasteiger partial charge on any atom is -0.397 e. The van der Waals surface area contributed by atoms with Crippen LogP contribution in [-0.2, 0) is 16.0 Å². The largest absolute Gasteiger partial charge is 0.397 e. The number of nitrogens with one attached hydrogen (secondary N) is 2. The van der Waals surface area contributed by atoms with Gasteiger partial charge in [-0.3, -0.25) is 9.59 Å². The minimum absolute atomic E-state index is 0.0106. The van der Waals surface area contributed by atoms with Crippen molar-refractivity contribution in [3.63, 3.8) is 0 Å². The van der Waals surface area contributed by atoms with Gasteiger partial charge >= 0.3 is 0 Å². The number of rotatable bonds is 4. The van der Waals surface area contributed by atoms with E-state index in [0.29, 0.717) is 24.2 Å². The molecule has 0 fully saturated rings. The summed E-state index contributed by atoms with van der Waals surface area (Å²) in [7, 11) is 0. The van der Waals surface area contributed by atoms with Gasteiger partial charge in [0.15, 0.2) is 0 Å². The summed E-state index contributed by atoms with van der Waals surface area (Å²) in [6.07, 6.45) is 1.14. The van der Waals surface area contributed by atoms with Crippen molar-refractivity contribution in [3.05, 3.63) is 17.7 Å². The number of hydrogen-bond donors (Lipinski definition) is 4. The van der Waals surface area contributed by atoms with E-state index in [2.05, 4.69) is 10.6 Å². The Kier molecular flexibility index (Phi) is 3.83. The zero-order valence-electron chi connectivity index (χ0n) is 11.7. The van der Waals surface area contributed by atoms with Crippen molar-refractivity contribution in [2.24, 2.45) is 11.7 Å². The lowest BCUT2D eigenvalue weighted by Crippen LogP contribution is -2.39. The number of amides is 2. The van der Waals surface area contributed by atoms with Crippen molar-refractivity contribution in [3.8, 4) is 0 Å². The average molecular weight is 276 g/mol. The van der Waals surface area contributed by atoms with E-state index >= 15 is 0 Å². The van der Waals surface area contributed by atoms with Crippen LogP contribution < -0.4 is 22.1 Å². The topological polar surface area (TPSA) is 110 Å². The number of nitrogen functional groups attached to an aromatic ring is 1. The van der Waals surface area contributed by atoms with E-state index in [1.165, 1.54) is 0 Å². The molecule has 1 heterocycles. The summed E-state index contributed by atoms with van der Waals surface area (Å²) in [5, 5.41) is 5.87. The van der Waals surface area contributed by atoms with Crippen LogP contribution in [0.5, 0.6) is 0 Å². The first-order chi connectivity index (χ1) is 9.38. The summed E-state index contributed by atoms with van der Waals surface area (Å²) >= 11 is 0. The molecule has 0 saturated carbocycles. The maximum atomic E-state index is 11.4. The molecule has 2 rings (SSSR count). The van der Waals surface area contributed by atoms with E-state index in [1.54, 1.807) is 6.07 Å². The van der Waals surface area contributed by atoms with Gasteiger partial charge in [-0.15, -0.1) is 0 Å². The first kappa shape index (κ1) is 14.2. The van der Waals surface area contributed by atoms with E-state index < -0.39 is 11.9 Å². The molecule has 1 aromatic rings. The molecule has 1 aliphatic heterocycles. The summed E-state index contributed by atoms with van der Waals surface area (Å²) < 4.78 is 0.